The van der Waals surface area contributed by atoms with Crippen molar-refractivity contribution in [3.8, 4) is 0 Å². The maximum absolute atomic E-state index is 12.7. The molecule has 3 rings (SSSR count). The van der Waals surface area contributed by atoms with Crippen molar-refractivity contribution in [1.29, 1.82) is 0 Å². The summed E-state index contributed by atoms with van der Waals surface area (Å²) in [6.45, 7) is -0.302. The van der Waals surface area contributed by atoms with E-state index in [0.29, 0.717) is 5.69 Å². The van der Waals surface area contributed by atoms with Crippen molar-refractivity contribution in [2.24, 2.45) is 0 Å². The van der Waals surface area contributed by atoms with E-state index in [1.54, 1.807) is 12.1 Å². The third-order valence-corrected chi connectivity index (χ3v) is 3.87. The van der Waals surface area contributed by atoms with Gasteiger partial charge in [0, 0.05) is 18.2 Å². The predicted octanol–water partition coefficient (Wildman–Crippen LogP) is 1.19. The van der Waals surface area contributed by atoms with Crippen LogP contribution in [0.3, 0.4) is 0 Å². The molecule has 1 saturated carbocycles. The van der Waals surface area contributed by atoms with Gasteiger partial charge in [0.2, 0.25) is 11.8 Å². The van der Waals surface area contributed by atoms with Gasteiger partial charge in [-0.25, -0.2) is 0 Å². The van der Waals surface area contributed by atoms with Gasteiger partial charge in [-0.05, 0) is 24.5 Å². The molecule has 110 valence electrons. The Bertz CT molecular complexity index is 609. The van der Waals surface area contributed by atoms with Gasteiger partial charge in [-0.1, -0.05) is 18.2 Å². The Morgan fingerprint density at radius 1 is 1.29 bits per heavy atom. The SMILES string of the molecule is O=C(O)CN(C(=O)[C@H]1CC(=O)Nc2ccccc21)C1CC1. The lowest BCUT2D eigenvalue weighted by atomic mass is 9.89. The fraction of sp³-hybridized carbons (Fsp3) is 0.400. The summed E-state index contributed by atoms with van der Waals surface area (Å²) < 4.78 is 0. The highest BCUT2D eigenvalue weighted by atomic mass is 16.4. The molecule has 1 aliphatic carbocycles. The first kappa shape index (κ1) is 13.6. The number of carboxylic acids is 1. The molecule has 2 aliphatic rings. The van der Waals surface area contributed by atoms with Crippen LogP contribution in [0, 0.1) is 0 Å². The zero-order valence-electron chi connectivity index (χ0n) is 11.4. The predicted molar refractivity (Wildman–Crippen MR) is 74.8 cm³/mol. The number of rotatable bonds is 4. The second-order valence-electron chi connectivity index (χ2n) is 5.48. The smallest absolute Gasteiger partial charge is 0.323 e. The van der Waals surface area contributed by atoms with Crippen LogP contribution in [0.2, 0.25) is 0 Å². The lowest BCUT2D eigenvalue weighted by molar-refractivity contribution is -0.146. The molecule has 2 amide bonds. The minimum Gasteiger partial charge on any atom is -0.480 e. The molecule has 1 aromatic rings. The average Bonchev–Trinajstić information content (AvgIpc) is 3.27. The number of amides is 2. The lowest BCUT2D eigenvalue weighted by Gasteiger charge is -2.30. The highest BCUT2D eigenvalue weighted by Crippen LogP contribution is 2.36. The zero-order valence-corrected chi connectivity index (χ0v) is 11.4. The molecular formula is C15H16N2O4. The van der Waals surface area contributed by atoms with Crippen molar-refractivity contribution in [2.45, 2.75) is 31.2 Å². The fourth-order valence-electron chi connectivity index (χ4n) is 2.75. The summed E-state index contributed by atoms with van der Waals surface area (Å²) in [4.78, 5) is 36.8. The molecule has 1 aromatic carbocycles. The van der Waals surface area contributed by atoms with Crippen molar-refractivity contribution in [3.63, 3.8) is 0 Å². The number of aliphatic carboxylic acids is 1. The van der Waals surface area contributed by atoms with Crippen molar-refractivity contribution >= 4 is 23.5 Å². The number of nitrogens with zero attached hydrogens (tertiary/aromatic N) is 1. The van der Waals surface area contributed by atoms with Crippen LogP contribution in [-0.2, 0) is 14.4 Å². The van der Waals surface area contributed by atoms with Crippen LogP contribution in [0.15, 0.2) is 24.3 Å². The summed E-state index contributed by atoms with van der Waals surface area (Å²) in [5.41, 5.74) is 1.40. The van der Waals surface area contributed by atoms with Crippen LogP contribution < -0.4 is 5.32 Å². The summed E-state index contributed by atoms with van der Waals surface area (Å²) in [5.74, 6) is -2.08. The Hall–Kier alpha value is -2.37. The van der Waals surface area contributed by atoms with Gasteiger partial charge in [0.25, 0.3) is 0 Å². The Kier molecular flexibility index (Phi) is 3.37. The summed E-state index contributed by atoms with van der Waals surface area (Å²) in [6.07, 6.45) is 1.73. The van der Waals surface area contributed by atoms with Crippen LogP contribution in [-0.4, -0.2) is 40.4 Å². The number of nitrogens with one attached hydrogen (secondary N) is 1. The number of carbonyl (C=O) groups is 3. The number of carboxylic acid groups (broad SMARTS) is 1. The minimum absolute atomic E-state index is 0.00532. The quantitative estimate of drug-likeness (QED) is 0.871. The molecule has 1 fully saturated rings. The second kappa shape index (κ2) is 5.20. The van der Waals surface area contributed by atoms with E-state index in [0.717, 1.165) is 18.4 Å². The molecule has 0 bridgehead atoms. The molecule has 0 unspecified atom stereocenters. The molecule has 0 aromatic heterocycles. The number of anilines is 1. The molecule has 21 heavy (non-hydrogen) atoms. The van der Waals surface area contributed by atoms with Crippen LogP contribution in [0.5, 0.6) is 0 Å². The van der Waals surface area contributed by atoms with E-state index >= 15 is 0 Å². The molecule has 6 nitrogen and oxygen atoms in total. The molecule has 1 atom stereocenters. The first-order chi connectivity index (χ1) is 10.1. The number of carbonyl (C=O) groups excluding carboxylic acids is 2. The fourth-order valence-corrected chi connectivity index (χ4v) is 2.75. The number of benzene rings is 1. The highest BCUT2D eigenvalue weighted by molar-refractivity contribution is 6.01. The monoisotopic (exact) mass is 288 g/mol. The molecule has 2 N–H and O–H groups in total. The summed E-state index contributed by atoms with van der Waals surface area (Å²) in [5, 5.41) is 11.7. The topological polar surface area (TPSA) is 86.7 Å². The molecular weight excluding hydrogens is 272 g/mol. The normalized spacial score (nSPS) is 20.4. The second-order valence-corrected chi connectivity index (χ2v) is 5.48. The van der Waals surface area contributed by atoms with E-state index in [9.17, 15) is 14.4 Å². The molecule has 1 heterocycles. The zero-order chi connectivity index (χ0) is 15.0. The van der Waals surface area contributed by atoms with Gasteiger partial charge in [0.1, 0.15) is 6.54 Å². The van der Waals surface area contributed by atoms with E-state index in [-0.39, 0.29) is 30.8 Å². The summed E-state index contributed by atoms with van der Waals surface area (Å²) in [6, 6.07) is 7.18. The Morgan fingerprint density at radius 3 is 2.67 bits per heavy atom. The molecule has 0 radical (unpaired) electrons. The number of para-hydroxylation sites is 1. The summed E-state index contributed by atoms with van der Waals surface area (Å²) >= 11 is 0. The van der Waals surface area contributed by atoms with E-state index in [2.05, 4.69) is 5.32 Å². The van der Waals surface area contributed by atoms with Crippen molar-refractivity contribution in [2.75, 3.05) is 11.9 Å². The first-order valence-electron chi connectivity index (χ1n) is 6.97. The number of hydrogen-bond donors (Lipinski definition) is 2. The van der Waals surface area contributed by atoms with Crippen LogP contribution in [0.1, 0.15) is 30.7 Å². The van der Waals surface area contributed by atoms with E-state index in [4.69, 9.17) is 5.11 Å². The van der Waals surface area contributed by atoms with E-state index < -0.39 is 11.9 Å². The highest BCUT2D eigenvalue weighted by Gasteiger charge is 2.40. The maximum Gasteiger partial charge on any atom is 0.323 e. The van der Waals surface area contributed by atoms with Crippen LogP contribution >= 0.6 is 0 Å². The van der Waals surface area contributed by atoms with Gasteiger partial charge in [-0.3, -0.25) is 14.4 Å². The number of fused-ring (bicyclic) bond motifs is 1. The third kappa shape index (κ3) is 2.74. The van der Waals surface area contributed by atoms with Gasteiger partial charge in [-0.2, -0.15) is 0 Å². The Balaban J connectivity index is 1.89. The molecule has 1 aliphatic heterocycles. The van der Waals surface area contributed by atoms with Crippen LogP contribution in [0.25, 0.3) is 0 Å². The third-order valence-electron chi connectivity index (χ3n) is 3.87. The summed E-state index contributed by atoms with van der Waals surface area (Å²) in [7, 11) is 0. The lowest BCUT2D eigenvalue weighted by Crippen LogP contribution is -2.42. The standard InChI is InChI=1S/C15H16N2O4/c18-13-7-11(10-3-1-2-4-12(10)16-13)15(21)17(8-14(19)20)9-5-6-9/h1-4,9,11H,5-8H2,(H,16,18)(H,19,20)/t11-/m0/s1. The molecule has 6 heteroatoms. The van der Waals surface area contributed by atoms with Gasteiger partial charge in [0.05, 0.1) is 5.92 Å². The van der Waals surface area contributed by atoms with Gasteiger partial charge < -0.3 is 15.3 Å². The van der Waals surface area contributed by atoms with Gasteiger partial charge in [-0.15, -0.1) is 0 Å². The molecule has 0 spiro atoms. The average molecular weight is 288 g/mol. The van der Waals surface area contributed by atoms with Gasteiger partial charge >= 0.3 is 5.97 Å². The van der Waals surface area contributed by atoms with Crippen LogP contribution in [0.4, 0.5) is 5.69 Å². The first-order valence-corrected chi connectivity index (χ1v) is 6.97. The minimum atomic E-state index is -1.02. The maximum atomic E-state index is 12.7. The van der Waals surface area contributed by atoms with Gasteiger partial charge in [0.15, 0.2) is 0 Å². The van der Waals surface area contributed by atoms with Crippen molar-refractivity contribution < 1.29 is 19.5 Å². The Labute approximate surface area is 121 Å². The molecule has 0 saturated heterocycles. The van der Waals surface area contributed by atoms with Crippen molar-refractivity contribution in [3.05, 3.63) is 29.8 Å². The number of hydrogen-bond acceptors (Lipinski definition) is 3. The van der Waals surface area contributed by atoms with E-state index in [1.165, 1.54) is 4.90 Å². The Morgan fingerprint density at radius 2 is 2.00 bits per heavy atom. The van der Waals surface area contributed by atoms with Crippen molar-refractivity contribution in [1.82, 2.24) is 4.90 Å². The van der Waals surface area contributed by atoms with E-state index in [1.807, 2.05) is 12.1 Å². The largest absolute Gasteiger partial charge is 0.480 e.